The maximum Gasteiger partial charge on any atom is 0.335 e. The zero-order valence-electron chi connectivity index (χ0n) is 8.97. The highest BCUT2D eigenvalue weighted by Gasteiger charge is 2.11. The second-order valence-corrected chi connectivity index (χ2v) is 3.35. The molecule has 0 spiro atoms. The van der Waals surface area contributed by atoms with Gasteiger partial charge in [-0.15, -0.1) is 0 Å². The lowest BCUT2D eigenvalue weighted by Gasteiger charge is -2.12. The number of ether oxygens (including phenoxy) is 2. The van der Waals surface area contributed by atoms with Crippen molar-refractivity contribution in [2.24, 2.45) is 0 Å². The van der Waals surface area contributed by atoms with Gasteiger partial charge in [-0.3, -0.25) is 4.79 Å². The number of carboxylic acid groups (broad SMARTS) is 1. The van der Waals surface area contributed by atoms with Crippen LogP contribution in [0.3, 0.4) is 0 Å². The molecule has 0 aliphatic carbocycles. The van der Waals surface area contributed by atoms with Crippen molar-refractivity contribution in [3.63, 3.8) is 0 Å². The molecule has 1 aromatic rings. The van der Waals surface area contributed by atoms with E-state index in [4.69, 9.17) is 9.84 Å². The lowest BCUT2D eigenvalue weighted by molar-refractivity contribution is -0.120. The summed E-state index contributed by atoms with van der Waals surface area (Å²) in [6.07, 6.45) is -0.0929. The molecule has 86 valence electrons. The first kappa shape index (κ1) is 12.0. The van der Waals surface area contributed by atoms with Crippen LogP contribution in [0.25, 0.3) is 0 Å². The van der Waals surface area contributed by atoms with E-state index in [1.807, 2.05) is 13.8 Å². The summed E-state index contributed by atoms with van der Waals surface area (Å²) in [4.78, 5) is 21.0. The fourth-order valence-corrected chi connectivity index (χ4v) is 1.14. The van der Waals surface area contributed by atoms with Crippen LogP contribution in [0, 0.1) is 0 Å². The Morgan fingerprint density at radius 2 is 2.06 bits per heavy atom. The van der Waals surface area contributed by atoms with Gasteiger partial charge in [-0.1, -0.05) is 0 Å². The Labute approximate surface area is 92.6 Å². The largest absolute Gasteiger partial charge is 0.487 e. The van der Waals surface area contributed by atoms with Gasteiger partial charge in [0.15, 0.2) is 11.5 Å². The smallest absolute Gasteiger partial charge is 0.335 e. The van der Waals surface area contributed by atoms with Crippen LogP contribution in [0.5, 0.6) is 11.5 Å². The van der Waals surface area contributed by atoms with Gasteiger partial charge in [0.1, 0.15) is 0 Å². The minimum Gasteiger partial charge on any atom is -0.487 e. The van der Waals surface area contributed by atoms with E-state index in [9.17, 15) is 9.59 Å². The summed E-state index contributed by atoms with van der Waals surface area (Å²) in [5, 5.41) is 8.77. The quantitative estimate of drug-likeness (QED) is 0.770. The molecule has 0 aliphatic heterocycles. The molecule has 0 aliphatic rings. The highest BCUT2D eigenvalue weighted by atomic mass is 16.5. The summed E-state index contributed by atoms with van der Waals surface area (Å²) in [6.45, 7) is 3.86. The fraction of sp³-hybridized carbons (Fsp3) is 0.273. The van der Waals surface area contributed by atoms with E-state index in [0.29, 0.717) is 5.75 Å². The van der Waals surface area contributed by atoms with Crippen LogP contribution in [0.15, 0.2) is 18.2 Å². The van der Waals surface area contributed by atoms with Gasteiger partial charge in [-0.05, 0) is 32.0 Å². The van der Waals surface area contributed by atoms with E-state index in [1.165, 1.54) is 18.2 Å². The van der Waals surface area contributed by atoms with Crippen molar-refractivity contribution >= 4 is 12.4 Å². The van der Waals surface area contributed by atoms with Crippen molar-refractivity contribution in [3.8, 4) is 11.5 Å². The third-order valence-corrected chi connectivity index (χ3v) is 1.73. The Balaban J connectivity index is 3.08. The normalized spacial score (nSPS) is 9.94. The molecule has 1 N–H and O–H groups in total. The Morgan fingerprint density at radius 1 is 1.38 bits per heavy atom. The number of hydrogen-bond acceptors (Lipinski definition) is 4. The molecule has 0 bridgehead atoms. The lowest BCUT2D eigenvalue weighted by atomic mass is 10.2. The van der Waals surface area contributed by atoms with Crippen molar-refractivity contribution in [2.45, 2.75) is 20.0 Å². The van der Waals surface area contributed by atoms with Crippen LogP contribution in [-0.4, -0.2) is 23.7 Å². The van der Waals surface area contributed by atoms with Gasteiger partial charge in [0.2, 0.25) is 0 Å². The van der Waals surface area contributed by atoms with Gasteiger partial charge < -0.3 is 14.6 Å². The number of benzene rings is 1. The molecule has 16 heavy (non-hydrogen) atoms. The average Bonchev–Trinajstić information content (AvgIpc) is 2.20. The van der Waals surface area contributed by atoms with Crippen molar-refractivity contribution in [1.82, 2.24) is 0 Å². The van der Waals surface area contributed by atoms with E-state index in [2.05, 4.69) is 4.74 Å². The number of carbonyl (C=O) groups is 2. The maximum absolute atomic E-state index is 10.7. The van der Waals surface area contributed by atoms with Crippen LogP contribution in [0.2, 0.25) is 0 Å². The number of hydrogen-bond donors (Lipinski definition) is 1. The average molecular weight is 224 g/mol. The van der Waals surface area contributed by atoms with Crippen molar-refractivity contribution in [3.05, 3.63) is 23.8 Å². The summed E-state index contributed by atoms with van der Waals surface area (Å²) in [7, 11) is 0. The maximum atomic E-state index is 10.7. The van der Waals surface area contributed by atoms with Gasteiger partial charge in [-0.25, -0.2) is 4.79 Å². The number of carboxylic acids is 1. The summed E-state index contributed by atoms with van der Waals surface area (Å²) >= 11 is 0. The van der Waals surface area contributed by atoms with Crippen LogP contribution in [0.1, 0.15) is 24.2 Å². The lowest BCUT2D eigenvalue weighted by Crippen LogP contribution is -2.08. The van der Waals surface area contributed by atoms with Crippen LogP contribution in [0.4, 0.5) is 0 Å². The molecule has 0 fully saturated rings. The monoisotopic (exact) mass is 224 g/mol. The van der Waals surface area contributed by atoms with E-state index in [1.54, 1.807) is 0 Å². The Morgan fingerprint density at radius 3 is 2.56 bits per heavy atom. The molecular weight excluding hydrogens is 212 g/mol. The van der Waals surface area contributed by atoms with E-state index in [0.717, 1.165) is 0 Å². The highest BCUT2D eigenvalue weighted by Crippen LogP contribution is 2.28. The van der Waals surface area contributed by atoms with Gasteiger partial charge in [0, 0.05) is 0 Å². The predicted octanol–water partition coefficient (Wildman–Crippen LogP) is 1.71. The number of carbonyl (C=O) groups excluding carboxylic acids is 1. The zero-order valence-corrected chi connectivity index (χ0v) is 8.97. The van der Waals surface area contributed by atoms with Gasteiger partial charge in [-0.2, -0.15) is 0 Å². The standard InChI is InChI=1S/C11H12O5/c1-7(2)16-9-4-3-8(11(13)14)5-10(9)15-6-12/h3-7H,1-2H3,(H,13,14). The highest BCUT2D eigenvalue weighted by molar-refractivity contribution is 5.88. The van der Waals surface area contributed by atoms with Crippen LogP contribution < -0.4 is 9.47 Å². The molecule has 1 aromatic carbocycles. The first-order valence-corrected chi connectivity index (χ1v) is 4.69. The topological polar surface area (TPSA) is 72.8 Å². The summed E-state index contributed by atoms with van der Waals surface area (Å²) < 4.78 is 10.0. The Hall–Kier alpha value is -2.04. The molecule has 5 heteroatoms. The molecule has 0 aromatic heterocycles. The molecule has 0 saturated carbocycles. The molecule has 0 unspecified atom stereocenters. The zero-order chi connectivity index (χ0) is 12.1. The molecule has 0 radical (unpaired) electrons. The molecule has 0 heterocycles. The van der Waals surface area contributed by atoms with Crippen LogP contribution >= 0.6 is 0 Å². The number of rotatable bonds is 5. The van der Waals surface area contributed by atoms with E-state index in [-0.39, 0.29) is 23.9 Å². The molecule has 0 saturated heterocycles. The summed E-state index contributed by atoms with van der Waals surface area (Å²) in [6, 6.07) is 4.09. The summed E-state index contributed by atoms with van der Waals surface area (Å²) in [5.41, 5.74) is 0.0351. The molecule has 0 amide bonds. The van der Waals surface area contributed by atoms with Gasteiger partial charge in [0.05, 0.1) is 11.7 Å². The summed E-state index contributed by atoms with van der Waals surface area (Å²) in [5.74, 6) is -0.650. The molecule has 0 atom stereocenters. The van der Waals surface area contributed by atoms with Crippen molar-refractivity contribution < 1.29 is 24.2 Å². The third-order valence-electron chi connectivity index (χ3n) is 1.73. The fourth-order valence-electron chi connectivity index (χ4n) is 1.14. The minimum absolute atomic E-state index is 0.0351. The van der Waals surface area contributed by atoms with Crippen LogP contribution in [-0.2, 0) is 4.79 Å². The van der Waals surface area contributed by atoms with Gasteiger partial charge in [0.25, 0.3) is 6.47 Å². The first-order valence-electron chi connectivity index (χ1n) is 4.69. The van der Waals surface area contributed by atoms with Crippen molar-refractivity contribution in [2.75, 3.05) is 0 Å². The third kappa shape index (κ3) is 2.98. The predicted molar refractivity (Wildman–Crippen MR) is 55.9 cm³/mol. The molecule has 1 rings (SSSR count). The SMILES string of the molecule is CC(C)Oc1ccc(C(=O)O)cc1OC=O. The number of aromatic carboxylic acids is 1. The first-order chi connectivity index (χ1) is 7.54. The molecular formula is C11H12O5. The second-order valence-electron chi connectivity index (χ2n) is 3.35. The second kappa shape index (κ2) is 5.16. The van der Waals surface area contributed by atoms with Gasteiger partial charge >= 0.3 is 5.97 Å². The Kier molecular flexibility index (Phi) is 3.88. The Bertz CT molecular complexity index is 397. The van der Waals surface area contributed by atoms with E-state index >= 15 is 0 Å². The van der Waals surface area contributed by atoms with E-state index < -0.39 is 5.97 Å². The minimum atomic E-state index is -1.09. The van der Waals surface area contributed by atoms with Crippen molar-refractivity contribution in [1.29, 1.82) is 0 Å². The molecule has 5 nitrogen and oxygen atoms in total.